The Labute approximate surface area is 128 Å². The molecule has 0 bridgehead atoms. The topological polar surface area (TPSA) is 66.6 Å². The lowest BCUT2D eigenvalue weighted by molar-refractivity contribution is -0.146. The molecule has 2 amide bonds. The Morgan fingerprint density at radius 2 is 1.67 bits per heavy atom. The molecule has 1 rings (SSSR count). The average molecular weight is 297 g/mol. The molecule has 0 aromatic heterocycles. The van der Waals surface area contributed by atoms with Gasteiger partial charge in [0, 0.05) is 26.7 Å². The second-order valence-corrected chi connectivity index (χ2v) is 6.23. The first-order valence-corrected chi connectivity index (χ1v) is 8.24. The van der Waals surface area contributed by atoms with Crippen molar-refractivity contribution in [3.05, 3.63) is 0 Å². The van der Waals surface area contributed by atoms with Gasteiger partial charge in [0.1, 0.15) is 0 Å². The van der Waals surface area contributed by atoms with E-state index in [1.807, 2.05) is 4.90 Å². The Morgan fingerprint density at radius 3 is 2.10 bits per heavy atom. The quantitative estimate of drug-likeness (QED) is 0.740. The number of likely N-dealkylation sites (tertiary alicyclic amines) is 1. The van der Waals surface area contributed by atoms with E-state index in [0.29, 0.717) is 6.54 Å². The van der Waals surface area contributed by atoms with Crippen molar-refractivity contribution in [3.8, 4) is 0 Å². The van der Waals surface area contributed by atoms with Crippen molar-refractivity contribution in [1.29, 1.82) is 0 Å². The third kappa shape index (κ3) is 4.43. The SMILES string of the molecule is CCCC(CN)(CCC)C(=O)N(C)CC(=O)N1CCCC1. The maximum absolute atomic E-state index is 12.8. The Hall–Kier alpha value is -1.10. The summed E-state index contributed by atoms with van der Waals surface area (Å²) in [5.74, 6) is 0.0866. The summed E-state index contributed by atoms with van der Waals surface area (Å²) >= 11 is 0. The number of hydrogen-bond acceptors (Lipinski definition) is 3. The lowest BCUT2D eigenvalue weighted by Crippen LogP contribution is -2.49. The molecular weight excluding hydrogens is 266 g/mol. The molecular formula is C16H31N3O2. The van der Waals surface area contributed by atoms with Crippen LogP contribution in [0.2, 0.25) is 0 Å². The number of nitrogens with two attached hydrogens (primary N) is 1. The summed E-state index contributed by atoms with van der Waals surface area (Å²) in [7, 11) is 1.73. The molecule has 1 saturated heterocycles. The van der Waals surface area contributed by atoms with Crippen LogP contribution in [0.15, 0.2) is 0 Å². The zero-order chi connectivity index (χ0) is 15.9. The van der Waals surface area contributed by atoms with Gasteiger partial charge in [-0.25, -0.2) is 0 Å². The van der Waals surface area contributed by atoms with Gasteiger partial charge >= 0.3 is 0 Å². The van der Waals surface area contributed by atoms with Gasteiger partial charge in [0.25, 0.3) is 0 Å². The molecule has 1 aliphatic rings. The number of carbonyl (C=O) groups excluding carboxylic acids is 2. The van der Waals surface area contributed by atoms with E-state index in [1.165, 1.54) is 0 Å². The number of carbonyl (C=O) groups is 2. The maximum atomic E-state index is 12.8. The zero-order valence-electron chi connectivity index (χ0n) is 13.9. The fourth-order valence-corrected chi connectivity index (χ4v) is 3.33. The van der Waals surface area contributed by atoms with Gasteiger partial charge in [-0.15, -0.1) is 0 Å². The summed E-state index contributed by atoms with van der Waals surface area (Å²) in [6.45, 7) is 6.33. The molecule has 5 heteroatoms. The maximum Gasteiger partial charge on any atom is 0.242 e. The van der Waals surface area contributed by atoms with Gasteiger partial charge in [0.2, 0.25) is 11.8 Å². The van der Waals surface area contributed by atoms with Crippen LogP contribution >= 0.6 is 0 Å². The monoisotopic (exact) mass is 297 g/mol. The van der Waals surface area contributed by atoms with E-state index in [0.717, 1.165) is 51.6 Å². The highest BCUT2D eigenvalue weighted by atomic mass is 16.2. The molecule has 5 nitrogen and oxygen atoms in total. The fraction of sp³-hybridized carbons (Fsp3) is 0.875. The summed E-state index contributed by atoms with van der Waals surface area (Å²) in [4.78, 5) is 28.4. The summed E-state index contributed by atoms with van der Waals surface area (Å²) in [6, 6.07) is 0. The predicted octanol–water partition coefficient (Wildman–Crippen LogP) is 1.61. The first-order valence-electron chi connectivity index (χ1n) is 8.24. The molecule has 0 unspecified atom stereocenters. The van der Waals surface area contributed by atoms with Gasteiger partial charge in [0.05, 0.1) is 12.0 Å². The van der Waals surface area contributed by atoms with Gasteiger partial charge in [-0.2, -0.15) is 0 Å². The lowest BCUT2D eigenvalue weighted by atomic mass is 9.78. The highest BCUT2D eigenvalue weighted by Crippen LogP contribution is 2.31. The molecule has 0 aromatic rings. The van der Waals surface area contributed by atoms with E-state index in [4.69, 9.17) is 5.73 Å². The van der Waals surface area contributed by atoms with Crippen LogP contribution < -0.4 is 5.73 Å². The first-order chi connectivity index (χ1) is 10.0. The standard InChI is InChI=1S/C16H31N3O2/c1-4-8-16(13-17,9-5-2)15(21)18(3)12-14(20)19-10-6-7-11-19/h4-13,17H2,1-3H3. The summed E-state index contributed by atoms with van der Waals surface area (Å²) < 4.78 is 0. The molecule has 2 N–H and O–H groups in total. The number of hydrogen-bond donors (Lipinski definition) is 1. The van der Waals surface area contributed by atoms with Gasteiger partial charge in [-0.1, -0.05) is 26.7 Å². The molecule has 1 fully saturated rings. The van der Waals surface area contributed by atoms with Crippen molar-refractivity contribution in [1.82, 2.24) is 9.80 Å². The molecule has 0 saturated carbocycles. The Balaban J connectivity index is 2.70. The minimum absolute atomic E-state index is 0.0289. The van der Waals surface area contributed by atoms with Crippen LogP contribution in [0.5, 0.6) is 0 Å². The molecule has 0 atom stereocenters. The van der Waals surface area contributed by atoms with E-state index in [2.05, 4.69) is 13.8 Å². The van der Waals surface area contributed by atoms with Crippen molar-refractivity contribution in [3.63, 3.8) is 0 Å². The molecule has 1 heterocycles. The normalized spacial score (nSPS) is 15.3. The lowest BCUT2D eigenvalue weighted by Gasteiger charge is -2.35. The first kappa shape index (κ1) is 18.0. The molecule has 0 aromatic carbocycles. The summed E-state index contributed by atoms with van der Waals surface area (Å²) in [5.41, 5.74) is 5.43. The predicted molar refractivity (Wildman–Crippen MR) is 84.8 cm³/mol. The van der Waals surface area contributed by atoms with E-state index in [1.54, 1.807) is 11.9 Å². The van der Waals surface area contributed by atoms with E-state index in [-0.39, 0.29) is 18.4 Å². The van der Waals surface area contributed by atoms with E-state index < -0.39 is 5.41 Å². The Bertz CT molecular complexity index is 345. The fourth-order valence-electron chi connectivity index (χ4n) is 3.33. The second-order valence-electron chi connectivity index (χ2n) is 6.23. The highest BCUT2D eigenvalue weighted by molar-refractivity contribution is 5.88. The van der Waals surface area contributed by atoms with Crippen LogP contribution in [-0.2, 0) is 9.59 Å². The molecule has 1 aliphatic heterocycles. The van der Waals surface area contributed by atoms with Crippen molar-refractivity contribution < 1.29 is 9.59 Å². The Morgan fingerprint density at radius 1 is 1.14 bits per heavy atom. The zero-order valence-corrected chi connectivity index (χ0v) is 13.9. The molecule has 0 aliphatic carbocycles. The summed E-state index contributed by atoms with van der Waals surface area (Å²) in [5, 5.41) is 0. The number of rotatable bonds is 8. The van der Waals surface area contributed by atoms with Crippen molar-refractivity contribution in [2.24, 2.45) is 11.1 Å². The number of nitrogens with zero attached hydrogens (tertiary/aromatic N) is 2. The van der Waals surface area contributed by atoms with Crippen LogP contribution in [0.3, 0.4) is 0 Å². The van der Waals surface area contributed by atoms with Crippen molar-refractivity contribution >= 4 is 11.8 Å². The number of amides is 2. The van der Waals surface area contributed by atoms with Crippen LogP contribution in [0.25, 0.3) is 0 Å². The smallest absolute Gasteiger partial charge is 0.242 e. The van der Waals surface area contributed by atoms with Gasteiger partial charge in [-0.3, -0.25) is 9.59 Å². The third-order valence-electron chi connectivity index (χ3n) is 4.48. The minimum atomic E-state index is -0.496. The van der Waals surface area contributed by atoms with E-state index >= 15 is 0 Å². The summed E-state index contributed by atoms with van der Waals surface area (Å²) in [6.07, 6.45) is 5.58. The molecule has 0 spiro atoms. The van der Waals surface area contributed by atoms with Crippen LogP contribution in [-0.4, -0.2) is 54.8 Å². The van der Waals surface area contributed by atoms with Gasteiger partial charge < -0.3 is 15.5 Å². The number of likely N-dealkylation sites (N-methyl/N-ethyl adjacent to an activating group) is 1. The van der Waals surface area contributed by atoms with Crippen molar-refractivity contribution in [2.45, 2.75) is 52.4 Å². The largest absolute Gasteiger partial charge is 0.341 e. The van der Waals surface area contributed by atoms with Crippen LogP contribution in [0, 0.1) is 5.41 Å². The molecule has 21 heavy (non-hydrogen) atoms. The van der Waals surface area contributed by atoms with Gasteiger partial charge in [0.15, 0.2) is 0 Å². The van der Waals surface area contributed by atoms with E-state index in [9.17, 15) is 9.59 Å². The van der Waals surface area contributed by atoms with Crippen molar-refractivity contribution in [2.75, 3.05) is 33.2 Å². The second kappa shape index (κ2) is 8.37. The average Bonchev–Trinajstić information content (AvgIpc) is 3.00. The van der Waals surface area contributed by atoms with Gasteiger partial charge in [-0.05, 0) is 25.7 Å². The minimum Gasteiger partial charge on any atom is -0.341 e. The van der Waals surface area contributed by atoms with Crippen LogP contribution in [0.1, 0.15) is 52.4 Å². The van der Waals surface area contributed by atoms with Crippen LogP contribution in [0.4, 0.5) is 0 Å². The third-order valence-corrected chi connectivity index (χ3v) is 4.48. The molecule has 122 valence electrons. The Kier molecular flexibility index (Phi) is 7.15. The molecule has 0 radical (unpaired) electrons. The highest BCUT2D eigenvalue weighted by Gasteiger charge is 2.38.